The fourth-order valence-corrected chi connectivity index (χ4v) is 6.65. The van der Waals surface area contributed by atoms with Crippen LogP contribution in [-0.2, 0) is 32.6 Å². The molecule has 0 aliphatic carbocycles. The van der Waals surface area contributed by atoms with Crippen molar-refractivity contribution in [2.24, 2.45) is 0 Å². The van der Waals surface area contributed by atoms with Crippen molar-refractivity contribution >= 4 is 50.7 Å². The van der Waals surface area contributed by atoms with Crippen LogP contribution in [0.3, 0.4) is 0 Å². The van der Waals surface area contributed by atoms with Gasteiger partial charge in [-0.15, -0.1) is 0 Å². The predicted molar refractivity (Wildman–Crippen MR) is 181 cm³/mol. The molecular weight excluding hydrogens is 629 g/mol. The number of halogens is 2. The van der Waals surface area contributed by atoms with E-state index in [2.05, 4.69) is 5.32 Å². The Labute approximate surface area is 275 Å². The quantitative estimate of drug-likeness (QED) is 0.177. The maximum Gasteiger partial charge on any atom is 0.264 e. The molecule has 4 aromatic rings. The largest absolute Gasteiger partial charge is 0.352 e. The monoisotopic (exact) mass is 665 g/mol. The van der Waals surface area contributed by atoms with Gasteiger partial charge in [-0.25, -0.2) is 8.42 Å². The number of nitrogens with one attached hydrogen (secondary N) is 1. The van der Waals surface area contributed by atoms with Gasteiger partial charge in [-0.3, -0.25) is 13.9 Å². The standard InChI is InChI=1S/C35H37Cl2N3O4S/c1-24(2)38-35(42)33(20-27-10-6-5-7-11-27)39(22-28-12-8-9-26(4)19-28)34(41)23-40(29-15-18-31(36)32(37)21-29)45(43,44)30-16-13-25(3)14-17-30/h5-19,21,24,33H,20,22-23H2,1-4H3,(H,38,42). The summed E-state index contributed by atoms with van der Waals surface area (Å²) in [5, 5.41) is 3.34. The summed E-state index contributed by atoms with van der Waals surface area (Å²) in [6.45, 7) is 7.01. The minimum atomic E-state index is -4.25. The van der Waals surface area contributed by atoms with Gasteiger partial charge in [0.05, 0.1) is 20.6 Å². The predicted octanol–water partition coefficient (Wildman–Crippen LogP) is 6.97. The van der Waals surface area contributed by atoms with Crippen molar-refractivity contribution in [3.05, 3.63) is 129 Å². The number of anilines is 1. The van der Waals surface area contributed by atoms with Gasteiger partial charge in [0.2, 0.25) is 11.8 Å². The summed E-state index contributed by atoms with van der Waals surface area (Å²) < 4.78 is 29.3. The molecule has 10 heteroatoms. The molecule has 0 aromatic heterocycles. The first kappa shape index (κ1) is 34.0. The number of sulfonamides is 1. The lowest BCUT2D eigenvalue weighted by molar-refractivity contribution is -0.140. The summed E-state index contributed by atoms with van der Waals surface area (Å²) >= 11 is 12.5. The number of aryl methyl sites for hydroxylation is 2. The molecule has 7 nitrogen and oxygen atoms in total. The number of amides is 2. The molecule has 0 heterocycles. The van der Waals surface area contributed by atoms with E-state index in [-0.39, 0.29) is 45.5 Å². The van der Waals surface area contributed by atoms with E-state index >= 15 is 0 Å². The van der Waals surface area contributed by atoms with Gasteiger partial charge in [-0.1, -0.05) is 101 Å². The van der Waals surface area contributed by atoms with E-state index in [1.54, 1.807) is 12.1 Å². The van der Waals surface area contributed by atoms with Gasteiger partial charge in [0.1, 0.15) is 12.6 Å². The summed E-state index contributed by atoms with van der Waals surface area (Å²) in [6, 6.07) is 26.8. The van der Waals surface area contributed by atoms with Crippen LogP contribution in [0.5, 0.6) is 0 Å². The Balaban J connectivity index is 1.82. The molecule has 0 bridgehead atoms. The third kappa shape index (κ3) is 8.87. The van der Waals surface area contributed by atoms with Crippen LogP contribution in [0.2, 0.25) is 10.0 Å². The molecule has 236 valence electrons. The number of carbonyl (C=O) groups is 2. The molecule has 45 heavy (non-hydrogen) atoms. The molecule has 0 saturated heterocycles. The average Bonchev–Trinajstić information content (AvgIpc) is 2.99. The van der Waals surface area contributed by atoms with Gasteiger partial charge in [0, 0.05) is 19.0 Å². The van der Waals surface area contributed by atoms with Gasteiger partial charge in [-0.2, -0.15) is 0 Å². The summed E-state index contributed by atoms with van der Waals surface area (Å²) in [5.74, 6) is -0.893. The molecule has 0 fully saturated rings. The molecule has 0 spiro atoms. The zero-order chi connectivity index (χ0) is 32.7. The maximum atomic E-state index is 14.5. The number of carbonyl (C=O) groups excluding carboxylic acids is 2. The molecule has 0 aliphatic rings. The van der Waals surface area contributed by atoms with E-state index < -0.39 is 28.5 Å². The molecule has 0 aliphatic heterocycles. The Kier molecular flexibility index (Phi) is 11.3. The molecule has 1 N–H and O–H groups in total. The van der Waals surface area contributed by atoms with Crippen LogP contribution in [0.25, 0.3) is 0 Å². The second-order valence-corrected chi connectivity index (χ2v) is 14.0. The molecule has 4 rings (SSSR count). The fraction of sp³-hybridized carbons (Fsp3) is 0.257. The highest BCUT2D eigenvalue weighted by Crippen LogP contribution is 2.31. The first-order valence-electron chi connectivity index (χ1n) is 14.6. The van der Waals surface area contributed by atoms with Crippen molar-refractivity contribution in [3.8, 4) is 0 Å². The Morgan fingerprint density at radius 3 is 2.07 bits per heavy atom. The maximum absolute atomic E-state index is 14.5. The number of rotatable bonds is 12. The third-order valence-electron chi connectivity index (χ3n) is 7.22. The van der Waals surface area contributed by atoms with E-state index in [1.807, 2.05) is 82.3 Å². The van der Waals surface area contributed by atoms with Crippen LogP contribution in [0.4, 0.5) is 5.69 Å². The number of benzene rings is 4. The zero-order valence-electron chi connectivity index (χ0n) is 25.7. The third-order valence-corrected chi connectivity index (χ3v) is 9.74. The first-order chi connectivity index (χ1) is 21.3. The van der Waals surface area contributed by atoms with Crippen molar-refractivity contribution < 1.29 is 18.0 Å². The molecule has 1 atom stereocenters. The molecule has 2 amide bonds. The van der Waals surface area contributed by atoms with Crippen LogP contribution in [0.1, 0.15) is 36.1 Å². The highest BCUT2D eigenvalue weighted by atomic mass is 35.5. The normalized spacial score (nSPS) is 12.1. The smallest absolute Gasteiger partial charge is 0.264 e. The van der Waals surface area contributed by atoms with Crippen molar-refractivity contribution in [1.29, 1.82) is 0 Å². The van der Waals surface area contributed by atoms with Gasteiger partial charge < -0.3 is 10.2 Å². The van der Waals surface area contributed by atoms with Crippen LogP contribution >= 0.6 is 23.2 Å². The van der Waals surface area contributed by atoms with E-state index in [0.717, 1.165) is 26.6 Å². The van der Waals surface area contributed by atoms with Crippen molar-refractivity contribution in [2.75, 3.05) is 10.8 Å². The van der Waals surface area contributed by atoms with E-state index in [4.69, 9.17) is 23.2 Å². The molecular formula is C35H37Cl2N3O4S. The van der Waals surface area contributed by atoms with E-state index in [0.29, 0.717) is 0 Å². The molecule has 0 saturated carbocycles. The van der Waals surface area contributed by atoms with Gasteiger partial charge >= 0.3 is 0 Å². The molecule has 0 radical (unpaired) electrons. The van der Waals surface area contributed by atoms with Gasteiger partial charge in [0.25, 0.3) is 10.0 Å². The highest BCUT2D eigenvalue weighted by molar-refractivity contribution is 7.92. The SMILES string of the molecule is Cc1ccc(S(=O)(=O)N(CC(=O)N(Cc2cccc(C)c2)C(Cc2ccccc2)C(=O)NC(C)C)c2ccc(Cl)c(Cl)c2)cc1. The first-order valence-corrected chi connectivity index (χ1v) is 16.8. The number of hydrogen-bond donors (Lipinski definition) is 1. The lowest BCUT2D eigenvalue weighted by Crippen LogP contribution is -2.54. The van der Waals surface area contributed by atoms with Gasteiger partial charge in [0.15, 0.2) is 0 Å². The second-order valence-electron chi connectivity index (χ2n) is 11.3. The van der Waals surface area contributed by atoms with Crippen molar-refractivity contribution in [2.45, 2.75) is 57.6 Å². The van der Waals surface area contributed by atoms with E-state index in [9.17, 15) is 18.0 Å². The topological polar surface area (TPSA) is 86.8 Å². The Bertz CT molecular complexity index is 1750. The number of hydrogen-bond acceptors (Lipinski definition) is 4. The lowest BCUT2D eigenvalue weighted by Gasteiger charge is -2.34. The fourth-order valence-electron chi connectivity index (χ4n) is 4.95. The van der Waals surface area contributed by atoms with Crippen LogP contribution in [0.15, 0.2) is 102 Å². The summed E-state index contributed by atoms with van der Waals surface area (Å²) in [7, 11) is -4.25. The summed E-state index contributed by atoms with van der Waals surface area (Å²) in [6.07, 6.45) is 0.231. The Morgan fingerprint density at radius 2 is 1.44 bits per heavy atom. The Hall–Kier alpha value is -3.85. The minimum absolute atomic E-state index is 0.00981. The Morgan fingerprint density at radius 1 is 0.778 bits per heavy atom. The summed E-state index contributed by atoms with van der Waals surface area (Å²) in [4.78, 5) is 29.8. The average molecular weight is 667 g/mol. The molecule has 4 aromatic carbocycles. The van der Waals surface area contributed by atoms with Crippen molar-refractivity contribution in [3.63, 3.8) is 0 Å². The zero-order valence-corrected chi connectivity index (χ0v) is 28.0. The van der Waals surface area contributed by atoms with Gasteiger partial charge in [-0.05, 0) is 69.2 Å². The van der Waals surface area contributed by atoms with Crippen molar-refractivity contribution in [1.82, 2.24) is 10.2 Å². The number of nitrogens with zero attached hydrogens (tertiary/aromatic N) is 2. The van der Waals surface area contributed by atoms with Crippen LogP contribution in [-0.4, -0.2) is 43.8 Å². The van der Waals surface area contributed by atoms with Crippen LogP contribution < -0.4 is 9.62 Å². The second kappa shape index (κ2) is 15.0. The van der Waals surface area contributed by atoms with Crippen LogP contribution in [0, 0.1) is 13.8 Å². The summed E-state index contributed by atoms with van der Waals surface area (Å²) in [5.41, 5.74) is 3.71. The lowest BCUT2D eigenvalue weighted by atomic mass is 10.0. The van der Waals surface area contributed by atoms with E-state index in [1.165, 1.54) is 35.2 Å². The minimum Gasteiger partial charge on any atom is -0.352 e. The highest BCUT2D eigenvalue weighted by Gasteiger charge is 2.35. The molecule has 1 unspecified atom stereocenters.